The van der Waals surface area contributed by atoms with E-state index in [1.165, 1.54) is 7.76 Å². The van der Waals surface area contributed by atoms with Crippen molar-refractivity contribution in [3.05, 3.63) is 42.3 Å². The smallest absolute Gasteiger partial charge is 0.255 e. The number of amides is 1. The van der Waals surface area contributed by atoms with Gasteiger partial charge in [0.2, 0.25) is 0 Å². The maximum absolute atomic E-state index is 12.5. The number of halogens is 1. The summed E-state index contributed by atoms with van der Waals surface area (Å²) in [6.07, 6.45) is 2.30. The molecule has 2 aromatic heterocycles. The van der Waals surface area contributed by atoms with Crippen LogP contribution in [0.15, 0.2) is 29.0 Å². The predicted octanol–water partition coefficient (Wildman–Crippen LogP) is 4.22. The Kier molecular flexibility index (Phi) is 3.72. The van der Waals surface area contributed by atoms with Gasteiger partial charge in [-0.3, -0.25) is 4.79 Å². The molecule has 0 N–H and O–H groups in total. The molecule has 1 fully saturated rings. The van der Waals surface area contributed by atoms with Gasteiger partial charge in [0.1, 0.15) is 0 Å². The first-order valence-electron chi connectivity index (χ1n) is 5.81. The van der Waals surface area contributed by atoms with Crippen LogP contribution in [0.5, 0.6) is 0 Å². The highest BCUT2D eigenvalue weighted by molar-refractivity contribution is 14.1. The molecule has 5 heteroatoms. The minimum Gasteiger partial charge on any atom is -0.330 e. The molecule has 2 nitrogen and oxygen atoms in total. The van der Waals surface area contributed by atoms with Crippen molar-refractivity contribution >= 4 is 51.2 Å². The van der Waals surface area contributed by atoms with E-state index in [9.17, 15) is 4.79 Å². The van der Waals surface area contributed by atoms with Crippen molar-refractivity contribution in [2.75, 3.05) is 0 Å². The fraction of sp³-hybridized carbons (Fsp3) is 0.308. The normalized spacial score (nSPS) is 14.7. The van der Waals surface area contributed by atoms with Crippen LogP contribution in [0, 0.1) is 2.88 Å². The molecule has 0 aliphatic heterocycles. The molecule has 0 atom stereocenters. The van der Waals surface area contributed by atoms with E-state index in [2.05, 4.69) is 34.0 Å². The standard InChI is InChI=1S/C13H12INOS2/c14-12-6-9(8-18-12)13(16)15(10-3-4-10)7-11-2-1-5-17-11/h1-2,5-6,8,10H,3-4,7H2. The van der Waals surface area contributed by atoms with Crippen LogP contribution in [0.2, 0.25) is 0 Å². The summed E-state index contributed by atoms with van der Waals surface area (Å²) >= 11 is 5.62. The SMILES string of the molecule is O=C(c1csc(I)c1)N(Cc1cccs1)C1CC1. The summed E-state index contributed by atoms with van der Waals surface area (Å²) in [5, 5.41) is 4.03. The van der Waals surface area contributed by atoms with Gasteiger partial charge < -0.3 is 4.90 Å². The number of nitrogens with zero attached hydrogens (tertiary/aromatic N) is 1. The zero-order chi connectivity index (χ0) is 12.5. The third-order valence-electron chi connectivity index (χ3n) is 2.97. The Morgan fingerprint density at radius 2 is 2.28 bits per heavy atom. The molecule has 94 valence electrons. The van der Waals surface area contributed by atoms with Crippen LogP contribution < -0.4 is 0 Å². The van der Waals surface area contributed by atoms with Gasteiger partial charge in [-0.2, -0.15) is 0 Å². The Bertz CT molecular complexity index is 545. The lowest BCUT2D eigenvalue weighted by Crippen LogP contribution is -2.32. The van der Waals surface area contributed by atoms with E-state index in [1.54, 1.807) is 22.7 Å². The van der Waals surface area contributed by atoms with Crippen molar-refractivity contribution in [3.63, 3.8) is 0 Å². The summed E-state index contributed by atoms with van der Waals surface area (Å²) in [5.41, 5.74) is 0.841. The van der Waals surface area contributed by atoms with Gasteiger partial charge in [0.05, 0.1) is 15.0 Å². The molecule has 2 aromatic rings. The van der Waals surface area contributed by atoms with Crippen LogP contribution in [-0.2, 0) is 6.54 Å². The first-order chi connectivity index (χ1) is 8.74. The largest absolute Gasteiger partial charge is 0.330 e. The maximum Gasteiger partial charge on any atom is 0.255 e. The molecule has 0 unspecified atom stereocenters. The first kappa shape index (κ1) is 12.6. The highest BCUT2D eigenvalue weighted by atomic mass is 127. The molecule has 18 heavy (non-hydrogen) atoms. The first-order valence-corrected chi connectivity index (χ1v) is 8.65. The summed E-state index contributed by atoms with van der Waals surface area (Å²) in [4.78, 5) is 15.8. The second-order valence-corrected chi connectivity index (χ2v) is 8.22. The number of thiophene rings is 2. The molecule has 0 spiro atoms. The molecule has 2 heterocycles. The minimum absolute atomic E-state index is 0.185. The van der Waals surface area contributed by atoms with E-state index in [-0.39, 0.29) is 5.91 Å². The lowest BCUT2D eigenvalue weighted by Gasteiger charge is -2.21. The summed E-state index contributed by atoms with van der Waals surface area (Å²) < 4.78 is 1.17. The summed E-state index contributed by atoms with van der Waals surface area (Å²) in [7, 11) is 0. The Balaban J connectivity index is 1.79. The number of carbonyl (C=O) groups excluding carboxylic acids is 1. The molecule has 0 aromatic carbocycles. The van der Waals surface area contributed by atoms with Gasteiger partial charge in [-0.25, -0.2) is 0 Å². The van der Waals surface area contributed by atoms with Crippen LogP contribution in [0.25, 0.3) is 0 Å². The average molecular weight is 389 g/mol. The predicted molar refractivity (Wildman–Crippen MR) is 84.3 cm³/mol. The summed E-state index contributed by atoms with van der Waals surface area (Å²) in [6.45, 7) is 0.758. The average Bonchev–Trinajstić information content (AvgIpc) is 2.88. The van der Waals surface area contributed by atoms with Gasteiger partial charge in [-0.15, -0.1) is 22.7 Å². The molecule has 0 bridgehead atoms. The minimum atomic E-state index is 0.185. The van der Waals surface area contributed by atoms with E-state index in [4.69, 9.17) is 0 Å². The molecule has 1 saturated carbocycles. The van der Waals surface area contributed by atoms with Crippen LogP contribution in [0.3, 0.4) is 0 Å². The highest BCUT2D eigenvalue weighted by Crippen LogP contribution is 2.31. The van der Waals surface area contributed by atoms with Crippen molar-refractivity contribution in [3.8, 4) is 0 Å². The van der Waals surface area contributed by atoms with E-state index in [0.29, 0.717) is 6.04 Å². The molecular formula is C13H12INOS2. The maximum atomic E-state index is 12.5. The molecule has 1 amide bonds. The lowest BCUT2D eigenvalue weighted by molar-refractivity contribution is 0.0732. The van der Waals surface area contributed by atoms with Gasteiger partial charge in [-0.05, 0) is 52.9 Å². The fourth-order valence-electron chi connectivity index (χ4n) is 1.91. The van der Waals surface area contributed by atoms with E-state index in [0.717, 1.165) is 24.9 Å². The van der Waals surface area contributed by atoms with E-state index >= 15 is 0 Å². The second kappa shape index (κ2) is 5.30. The van der Waals surface area contributed by atoms with Crippen molar-refractivity contribution in [1.29, 1.82) is 0 Å². The van der Waals surface area contributed by atoms with Gasteiger partial charge in [0, 0.05) is 16.3 Å². The monoisotopic (exact) mass is 389 g/mol. The molecule has 0 saturated heterocycles. The van der Waals surface area contributed by atoms with Crippen molar-refractivity contribution < 1.29 is 4.79 Å². The second-order valence-electron chi connectivity index (χ2n) is 4.38. The van der Waals surface area contributed by atoms with Crippen LogP contribution in [0.1, 0.15) is 28.1 Å². The van der Waals surface area contributed by atoms with Crippen LogP contribution in [-0.4, -0.2) is 16.8 Å². The zero-order valence-electron chi connectivity index (χ0n) is 9.64. The fourth-order valence-corrected chi connectivity index (χ4v) is 3.93. The van der Waals surface area contributed by atoms with Crippen molar-refractivity contribution in [2.24, 2.45) is 0 Å². The number of hydrogen-bond acceptors (Lipinski definition) is 3. The number of rotatable bonds is 4. The molecular weight excluding hydrogens is 377 g/mol. The van der Waals surface area contributed by atoms with Crippen molar-refractivity contribution in [2.45, 2.75) is 25.4 Å². The Labute approximate surface area is 128 Å². The Hall–Kier alpha value is -0.400. The molecule has 1 aliphatic carbocycles. The van der Waals surface area contributed by atoms with Gasteiger partial charge in [0.15, 0.2) is 0 Å². The van der Waals surface area contributed by atoms with Gasteiger partial charge in [-0.1, -0.05) is 6.07 Å². The Morgan fingerprint density at radius 3 is 2.83 bits per heavy atom. The molecule has 1 aliphatic rings. The van der Waals surface area contributed by atoms with E-state index in [1.807, 2.05) is 22.4 Å². The van der Waals surface area contributed by atoms with Crippen molar-refractivity contribution in [1.82, 2.24) is 4.90 Å². The summed E-state index contributed by atoms with van der Waals surface area (Å²) in [6, 6.07) is 6.59. The quantitative estimate of drug-likeness (QED) is 0.718. The summed E-state index contributed by atoms with van der Waals surface area (Å²) in [5.74, 6) is 0.185. The third-order valence-corrected chi connectivity index (χ3v) is 5.62. The van der Waals surface area contributed by atoms with Gasteiger partial charge >= 0.3 is 0 Å². The number of hydrogen-bond donors (Lipinski definition) is 0. The van der Waals surface area contributed by atoms with Gasteiger partial charge in [0.25, 0.3) is 5.91 Å². The number of carbonyl (C=O) groups is 1. The lowest BCUT2D eigenvalue weighted by atomic mass is 10.2. The molecule has 0 radical (unpaired) electrons. The molecule has 3 rings (SSSR count). The zero-order valence-corrected chi connectivity index (χ0v) is 13.4. The third kappa shape index (κ3) is 2.78. The van der Waals surface area contributed by atoms with Crippen LogP contribution >= 0.6 is 45.3 Å². The highest BCUT2D eigenvalue weighted by Gasteiger charge is 2.33. The Morgan fingerprint density at radius 1 is 1.44 bits per heavy atom. The topological polar surface area (TPSA) is 20.3 Å². The van der Waals surface area contributed by atoms with Crippen LogP contribution in [0.4, 0.5) is 0 Å². The van der Waals surface area contributed by atoms with E-state index < -0.39 is 0 Å².